The van der Waals surface area contributed by atoms with E-state index in [9.17, 15) is 0 Å². The van der Waals surface area contributed by atoms with Crippen LogP contribution in [0.3, 0.4) is 0 Å². The third kappa shape index (κ3) is 2.07. The molecule has 1 aliphatic heterocycles. The van der Waals surface area contributed by atoms with Gasteiger partial charge in [0, 0.05) is 9.50 Å². The zero-order valence-corrected chi connectivity index (χ0v) is 10.5. The number of halogens is 3. The van der Waals surface area contributed by atoms with Gasteiger partial charge in [0.1, 0.15) is 0 Å². The molecule has 0 aliphatic carbocycles. The monoisotopic (exact) mass is 297 g/mol. The number of rotatable bonds is 1. The van der Waals surface area contributed by atoms with Crippen LogP contribution in [0.4, 0.5) is 0 Å². The second-order valence-corrected chi connectivity index (χ2v) is 4.60. The van der Waals surface area contributed by atoms with Crippen molar-refractivity contribution in [3.8, 4) is 0 Å². The Morgan fingerprint density at radius 3 is 2.50 bits per heavy atom. The standard InChI is InChI=1S/C9H9BrClNO.ClH/c10-6-1-2-7(8(11)3-6)9(12)4-13-5-9;/h1-3H,4-5,12H2;1H. The smallest absolute Gasteiger partial charge is 0.0898 e. The highest BCUT2D eigenvalue weighted by Gasteiger charge is 2.37. The van der Waals surface area contributed by atoms with Gasteiger partial charge in [-0.15, -0.1) is 12.4 Å². The van der Waals surface area contributed by atoms with Gasteiger partial charge in [-0.05, 0) is 17.7 Å². The fourth-order valence-electron chi connectivity index (χ4n) is 1.37. The molecule has 1 aliphatic rings. The molecule has 1 fully saturated rings. The van der Waals surface area contributed by atoms with Crippen molar-refractivity contribution < 1.29 is 4.74 Å². The van der Waals surface area contributed by atoms with Crippen molar-refractivity contribution in [3.05, 3.63) is 33.3 Å². The number of hydrogen-bond acceptors (Lipinski definition) is 2. The molecule has 2 rings (SSSR count). The van der Waals surface area contributed by atoms with Gasteiger partial charge in [-0.25, -0.2) is 0 Å². The van der Waals surface area contributed by atoms with Crippen molar-refractivity contribution in [2.75, 3.05) is 13.2 Å². The zero-order valence-electron chi connectivity index (χ0n) is 7.30. The van der Waals surface area contributed by atoms with Crippen molar-refractivity contribution in [2.24, 2.45) is 5.73 Å². The van der Waals surface area contributed by atoms with E-state index in [4.69, 9.17) is 22.1 Å². The summed E-state index contributed by atoms with van der Waals surface area (Å²) in [6.45, 7) is 1.10. The Hall–Kier alpha value is 0.200. The molecule has 0 aromatic heterocycles. The van der Waals surface area contributed by atoms with Gasteiger partial charge in [0.05, 0.1) is 18.8 Å². The topological polar surface area (TPSA) is 35.2 Å². The summed E-state index contributed by atoms with van der Waals surface area (Å²) >= 11 is 9.41. The van der Waals surface area contributed by atoms with Gasteiger partial charge in [-0.3, -0.25) is 0 Å². The van der Waals surface area contributed by atoms with Crippen LogP contribution in [0, 0.1) is 0 Å². The Labute approximate surface area is 102 Å². The first-order chi connectivity index (χ1) is 6.12. The summed E-state index contributed by atoms with van der Waals surface area (Å²) in [6.07, 6.45) is 0. The van der Waals surface area contributed by atoms with Crippen molar-refractivity contribution in [2.45, 2.75) is 5.54 Å². The highest BCUT2D eigenvalue weighted by atomic mass is 79.9. The van der Waals surface area contributed by atoms with E-state index in [2.05, 4.69) is 15.9 Å². The second kappa shape index (κ2) is 4.37. The van der Waals surface area contributed by atoms with E-state index in [1.54, 1.807) is 0 Å². The van der Waals surface area contributed by atoms with Crippen LogP contribution in [-0.2, 0) is 10.3 Å². The summed E-state index contributed by atoms with van der Waals surface area (Å²) < 4.78 is 6.05. The van der Waals surface area contributed by atoms with Crippen LogP contribution in [-0.4, -0.2) is 13.2 Å². The molecule has 2 nitrogen and oxygen atoms in total. The molecule has 5 heteroatoms. The van der Waals surface area contributed by atoms with Crippen LogP contribution in [0.5, 0.6) is 0 Å². The summed E-state index contributed by atoms with van der Waals surface area (Å²) in [5, 5.41) is 0.695. The molecule has 1 heterocycles. The Balaban J connectivity index is 0.000000980. The summed E-state index contributed by atoms with van der Waals surface area (Å²) in [5.41, 5.74) is 6.63. The number of nitrogens with two attached hydrogens (primary N) is 1. The summed E-state index contributed by atoms with van der Waals surface area (Å²) in [6, 6.07) is 5.73. The average molecular weight is 299 g/mol. The zero-order chi connectivity index (χ0) is 9.47. The lowest BCUT2D eigenvalue weighted by Crippen LogP contribution is -2.54. The lowest BCUT2D eigenvalue weighted by molar-refractivity contribution is -0.0568. The van der Waals surface area contributed by atoms with Gasteiger partial charge >= 0.3 is 0 Å². The Bertz CT molecular complexity index is 342. The van der Waals surface area contributed by atoms with Crippen LogP contribution in [0.2, 0.25) is 5.02 Å². The molecule has 0 unspecified atom stereocenters. The predicted octanol–water partition coefficient (Wildman–Crippen LogP) is 2.71. The van der Waals surface area contributed by atoms with Crippen LogP contribution >= 0.6 is 39.9 Å². The van der Waals surface area contributed by atoms with E-state index in [1.165, 1.54) is 0 Å². The SMILES string of the molecule is Cl.NC1(c2ccc(Br)cc2Cl)COC1. The predicted molar refractivity (Wildman–Crippen MR) is 63.1 cm³/mol. The molecule has 1 saturated heterocycles. The van der Waals surface area contributed by atoms with E-state index in [0.717, 1.165) is 10.0 Å². The summed E-state index contributed by atoms with van der Waals surface area (Å²) in [7, 11) is 0. The van der Waals surface area contributed by atoms with E-state index in [1.807, 2.05) is 18.2 Å². The molecule has 2 N–H and O–H groups in total. The Morgan fingerprint density at radius 2 is 2.07 bits per heavy atom. The quantitative estimate of drug-likeness (QED) is 0.865. The molecule has 1 aromatic rings. The largest absolute Gasteiger partial charge is 0.377 e. The minimum Gasteiger partial charge on any atom is -0.377 e. The lowest BCUT2D eigenvalue weighted by atomic mass is 9.89. The van der Waals surface area contributed by atoms with Gasteiger partial charge in [0.2, 0.25) is 0 Å². The average Bonchev–Trinajstić information content (AvgIpc) is 2.00. The molecule has 0 atom stereocenters. The first kappa shape index (κ1) is 12.3. The molecule has 78 valence electrons. The van der Waals surface area contributed by atoms with Gasteiger partial charge in [-0.2, -0.15) is 0 Å². The molecule has 0 spiro atoms. The normalized spacial score (nSPS) is 18.2. The van der Waals surface area contributed by atoms with Crippen LogP contribution in [0.25, 0.3) is 0 Å². The van der Waals surface area contributed by atoms with Gasteiger partial charge < -0.3 is 10.5 Å². The number of benzene rings is 1. The molecule has 1 aromatic carbocycles. The minimum atomic E-state index is -0.377. The lowest BCUT2D eigenvalue weighted by Gasteiger charge is -2.38. The van der Waals surface area contributed by atoms with Crippen LogP contribution in [0.1, 0.15) is 5.56 Å². The maximum absolute atomic E-state index is 6.06. The highest BCUT2D eigenvalue weighted by Crippen LogP contribution is 2.33. The molecule has 0 bridgehead atoms. The van der Waals surface area contributed by atoms with E-state index < -0.39 is 0 Å². The van der Waals surface area contributed by atoms with Gasteiger partial charge in [-0.1, -0.05) is 33.6 Å². The van der Waals surface area contributed by atoms with Crippen LogP contribution in [0.15, 0.2) is 22.7 Å². The minimum absolute atomic E-state index is 0. The summed E-state index contributed by atoms with van der Waals surface area (Å²) in [5.74, 6) is 0. The summed E-state index contributed by atoms with van der Waals surface area (Å²) in [4.78, 5) is 0. The molecule has 0 radical (unpaired) electrons. The fourth-order valence-corrected chi connectivity index (χ4v) is 2.23. The van der Waals surface area contributed by atoms with E-state index in [-0.39, 0.29) is 17.9 Å². The van der Waals surface area contributed by atoms with Gasteiger partial charge in [0.25, 0.3) is 0 Å². The molecular formula is C9H10BrCl2NO. The highest BCUT2D eigenvalue weighted by molar-refractivity contribution is 9.10. The van der Waals surface area contributed by atoms with Crippen molar-refractivity contribution in [1.82, 2.24) is 0 Å². The third-order valence-electron chi connectivity index (χ3n) is 2.19. The second-order valence-electron chi connectivity index (χ2n) is 3.27. The Kier molecular flexibility index (Phi) is 3.83. The first-order valence-corrected chi connectivity index (χ1v) is 5.11. The molecule has 14 heavy (non-hydrogen) atoms. The Morgan fingerprint density at radius 1 is 1.43 bits per heavy atom. The maximum atomic E-state index is 6.06. The van der Waals surface area contributed by atoms with E-state index >= 15 is 0 Å². The van der Waals surface area contributed by atoms with Crippen molar-refractivity contribution in [3.63, 3.8) is 0 Å². The molecule has 0 saturated carbocycles. The van der Waals surface area contributed by atoms with Gasteiger partial charge in [0.15, 0.2) is 0 Å². The maximum Gasteiger partial charge on any atom is 0.0898 e. The van der Waals surface area contributed by atoms with Crippen molar-refractivity contribution >= 4 is 39.9 Å². The fraction of sp³-hybridized carbons (Fsp3) is 0.333. The molecule has 0 amide bonds. The van der Waals surface area contributed by atoms with Crippen molar-refractivity contribution in [1.29, 1.82) is 0 Å². The number of hydrogen-bond donors (Lipinski definition) is 1. The van der Waals surface area contributed by atoms with Crippen LogP contribution < -0.4 is 5.73 Å². The van der Waals surface area contributed by atoms with E-state index in [0.29, 0.717) is 18.2 Å². The molecular weight excluding hydrogens is 289 g/mol. The third-order valence-corrected chi connectivity index (χ3v) is 2.99. The number of ether oxygens (including phenoxy) is 1. The first-order valence-electron chi connectivity index (χ1n) is 3.94.